The van der Waals surface area contributed by atoms with E-state index in [9.17, 15) is 4.39 Å². The fraction of sp³-hybridized carbons (Fsp3) is 0.214. The largest absolute Gasteiger partial charge is 0.409 e. The summed E-state index contributed by atoms with van der Waals surface area (Å²) in [5, 5.41) is 16.8. The predicted molar refractivity (Wildman–Crippen MR) is 78.6 cm³/mol. The smallest absolute Gasteiger partial charge is 0.170 e. The van der Waals surface area contributed by atoms with Gasteiger partial charge >= 0.3 is 0 Å². The van der Waals surface area contributed by atoms with Crippen molar-refractivity contribution in [2.75, 3.05) is 6.54 Å². The highest BCUT2D eigenvalue weighted by Gasteiger charge is 2.04. The molecule has 1 aromatic heterocycles. The molecule has 2 aromatic rings. The molecule has 0 radical (unpaired) electrons. The van der Waals surface area contributed by atoms with Crippen molar-refractivity contribution in [1.82, 2.24) is 5.32 Å². The van der Waals surface area contributed by atoms with Crippen molar-refractivity contribution in [2.24, 2.45) is 10.9 Å². The lowest BCUT2D eigenvalue weighted by molar-refractivity contribution is 0.318. The van der Waals surface area contributed by atoms with Crippen LogP contribution in [0.25, 0.3) is 0 Å². The molecular weight excluding hydrogens is 277 g/mol. The van der Waals surface area contributed by atoms with E-state index in [-0.39, 0.29) is 5.84 Å². The normalized spacial score (nSPS) is 11.8. The van der Waals surface area contributed by atoms with E-state index in [1.54, 1.807) is 17.4 Å². The van der Waals surface area contributed by atoms with Crippen LogP contribution in [0.1, 0.15) is 16.0 Å². The number of hydrogen-bond acceptors (Lipinski definition) is 4. The van der Waals surface area contributed by atoms with Gasteiger partial charge in [-0.3, -0.25) is 0 Å². The Morgan fingerprint density at radius 1 is 1.40 bits per heavy atom. The van der Waals surface area contributed by atoms with Crippen LogP contribution in [0.2, 0.25) is 0 Å². The lowest BCUT2D eigenvalue weighted by Crippen LogP contribution is -2.18. The molecule has 0 aliphatic heterocycles. The Hall–Kier alpha value is -1.92. The monoisotopic (exact) mass is 293 g/mol. The van der Waals surface area contributed by atoms with Gasteiger partial charge in [0.2, 0.25) is 0 Å². The lowest BCUT2D eigenvalue weighted by atomic mass is 10.1. The summed E-state index contributed by atoms with van der Waals surface area (Å²) in [6.07, 6.45) is 0.945. The Labute approximate surface area is 120 Å². The summed E-state index contributed by atoms with van der Waals surface area (Å²) >= 11 is 1.72. The van der Waals surface area contributed by atoms with Gasteiger partial charge in [-0.1, -0.05) is 11.2 Å². The summed E-state index contributed by atoms with van der Waals surface area (Å²) in [6.45, 7) is 1.35. The minimum atomic E-state index is -0.399. The van der Waals surface area contributed by atoms with Crippen LogP contribution >= 0.6 is 11.3 Å². The second-order valence-electron chi connectivity index (χ2n) is 4.34. The molecule has 0 unspecified atom stereocenters. The number of nitrogens with two attached hydrogens (primary N) is 1. The standard InChI is InChI=1S/C14H16FN3OS/c15-12-7-10(6-11(8-12)14(16)18-19)9-17-4-3-13-2-1-5-20-13/h1-2,5-8,17,19H,3-4,9H2,(H2,16,18). The highest BCUT2D eigenvalue weighted by molar-refractivity contribution is 7.09. The molecule has 1 heterocycles. The Balaban J connectivity index is 1.90. The van der Waals surface area contributed by atoms with Crippen LogP contribution in [0, 0.1) is 5.82 Å². The quantitative estimate of drug-likeness (QED) is 0.252. The molecule has 0 aliphatic rings. The fourth-order valence-electron chi connectivity index (χ4n) is 1.86. The molecule has 0 saturated heterocycles. The van der Waals surface area contributed by atoms with E-state index in [2.05, 4.69) is 16.5 Å². The van der Waals surface area contributed by atoms with Crippen LogP contribution < -0.4 is 11.1 Å². The van der Waals surface area contributed by atoms with Crippen LogP contribution in [0.4, 0.5) is 4.39 Å². The first-order valence-corrected chi connectivity index (χ1v) is 7.07. The summed E-state index contributed by atoms with van der Waals surface area (Å²) in [4.78, 5) is 1.31. The molecule has 0 atom stereocenters. The lowest BCUT2D eigenvalue weighted by Gasteiger charge is -2.07. The molecule has 20 heavy (non-hydrogen) atoms. The molecule has 106 valence electrons. The molecular formula is C14H16FN3OS. The van der Waals surface area contributed by atoms with Crippen molar-refractivity contribution in [3.05, 3.63) is 57.5 Å². The molecule has 2 rings (SSSR count). The highest BCUT2D eigenvalue weighted by Crippen LogP contribution is 2.10. The fourth-order valence-corrected chi connectivity index (χ4v) is 2.57. The van der Waals surface area contributed by atoms with Gasteiger partial charge in [0.25, 0.3) is 0 Å². The van der Waals surface area contributed by atoms with E-state index in [0.29, 0.717) is 12.1 Å². The van der Waals surface area contributed by atoms with Gasteiger partial charge in [-0.05, 0) is 41.6 Å². The highest BCUT2D eigenvalue weighted by atomic mass is 32.1. The van der Waals surface area contributed by atoms with Gasteiger partial charge in [0, 0.05) is 23.5 Å². The van der Waals surface area contributed by atoms with Crippen LogP contribution in [0.3, 0.4) is 0 Å². The second-order valence-corrected chi connectivity index (χ2v) is 5.37. The van der Waals surface area contributed by atoms with Gasteiger partial charge in [0.15, 0.2) is 5.84 Å². The van der Waals surface area contributed by atoms with Crippen LogP contribution in [0.15, 0.2) is 40.9 Å². The molecule has 1 aromatic carbocycles. The zero-order valence-corrected chi connectivity index (χ0v) is 11.7. The molecule has 0 fully saturated rings. The Morgan fingerprint density at radius 3 is 2.95 bits per heavy atom. The van der Waals surface area contributed by atoms with Crippen molar-refractivity contribution in [1.29, 1.82) is 0 Å². The molecule has 0 spiro atoms. The van der Waals surface area contributed by atoms with Crippen molar-refractivity contribution >= 4 is 17.2 Å². The molecule has 0 bridgehead atoms. The topological polar surface area (TPSA) is 70.6 Å². The van der Waals surface area contributed by atoms with Crippen LogP contribution in [-0.2, 0) is 13.0 Å². The van der Waals surface area contributed by atoms with Crippen molar-refractivity contribution < 1.29 is 9.60 Å². The zero-order chi connectivity index (χ0) is 14.4. The summed E-state index contributed by atoms with van der Waals surface area (Å²) in [6, 6.07) is 8.49. The van der Waals surface area contributed by atoms with E-state index >= 15 is 0 Å². The maximum absolute atomic E-state index is 13.4. The molecule has 4 N–H and O–H groups in total. The first-order chi connectivity index (χ1) is 9.69. The number of rotatable bonds is 6. The number of benzene rings is 1. The Bertz CT molecular complexity index is 584. The van der Waals surface area contributed by atoms with Gasteiger partial charge in [-0.2, -0.15) is 0 Å². The van der Waals surface area contributed by atoms with Gasteiger partial charge in [0.05, 0.1) is 0 Å². The minimum Gasteiger partial charge on any atom is -0.409 e. The van der Waals surface area contributed by atoms with Gasteiger partial charge in [-0.15, -0.1) is 11.3 Å². The van der Waals surface area contributed by atoms with E-state index in [4.69, 9.17) is 10.9 Å². The summed E-state index contributed by atoms with van der Waals surface area (Å²) in [7, 11) is 0. The molecule has 0 amide bonds. The maximum Gasteiger partial charge on any atom is 0.170 e. The predicted octanol–water partition coefficient (Wildman–Crippen LogP) is 2.31. The number of thiophene rings is 1. The van der Waals surface area contributed by atoms with Crippen molar-refractivity contribution in [3.8, 4) is 0 Å². The molecule has 4 nitrogen and oxygen atoms in total. The average Bonchev–Trinajstić information content (AvgIpc) is 2.95. The van der Waals surface area contributed by atoms with Crippen molar-refractivity contribution in [2.45, 2.75) is 13.0 Å². The number of nitrogens with one attached hydrogen (secondary N) is 1. The minimum absolute atomic E-state index is 0.0932. The molecule has 0 aliphatic carbocycles. The second kappa shape index (κ2) is 7.02. The first-order valence-electron chi connectivity index (χ1n) is 6.19. The molecule has 6 heteroatoms. The third kappa shape index (κ3) is 4.04. The van der Waals surface area contributed by atoms with E-state index in [1.165, 1.54) is 17.0 Å². The summed E-state index contributed by atoms with van der Waals surface area (Å²) < 4.78 is 13.4. The van der Waals surface area contributed by atoms with Gasteiger partial charge < -0.3 is 16.3 Å². The van der Waals surface area contributed by atoms with Crippen molar-refractivity contribution in [3.63, 3.8) is 0 Å². The van der Waals surface area contributed by atoms with E-state index in [1.807, 2.05) is 11.4 Å². The van der Waals surface area contributed by atoms with Crippen LogP contribution in [0.5, 0.6) is 0 Å². The Kier molecular flexibility index (Phi) is 5.09. The zero-order valence-electron chi connectivity index (χ0n) is 10.8. The number of nitrogens with zero attached hydrogens (tertiary/aromatic N) is 1. The van der Waals surface area contributed by atoms with Crippen LogP contribution in [-0.4, -0.2) is 17.6 Å². The number of amidine groups is 1. The van der Waals surface area contributed by atoms with Gasteiger partial charge in [0.1, 0.15) is 5.82 Å². The van der Waals surface area contributed by atoms with Gasteiger partial charge in [-0.25, -0.2) is 4.39 Å². The maximum atomic E-state index is 13.4. The first kappa shape index (κ1) is 14.5. The summed E-state index contributed by atoms with van der Waals surface area (Å²) in [5.41, 5.74) is 6.60. The van der Waals surface area contributed by atoms with E-state index in [0.717, 1.165) is 18.5 Å². The van der Waals surface area contributed by atoms with E-state index < -0.39 is 5.82 Å². The summed E-state index contributed by atoms with van der Waals surface area (Å²) in [5.74, 6) is -0.492. The number of hydrogen-bond donors (Lipinski definition) is 3. The molecule has 0 saturated carbocycles. The third-order valence-electron chi connectivity index (χ3n) is 2.82. The third-order valence-corrected chi connectivity index (χ3v) is 3.75. The SMILES string of the molecule is N/C(=N/O)c1cc(F)cc(CNCCc2cccs2)c1. The Morgan fingerprint density at radius 2 is 2.25 bits per heavy atom. The average molecular weight is 293 g/mol. The number of halogens is 1. The number of oxime groups is 1.